The number of hydrogen-bond acceptors (Lipinski definition) is 3. The lowest BCUT2D eigenvalue weighted by Gasteiger charge is -2.15. The molecule has 1 fully saturated rings. The minimum absolute atomic E-state index is 0.0110. The first kappa shape index (κ1) is 13.9. The average molecular weight is 282 g/mol. The molecular weight excluding hydrogens is 266 g/mol. The van der Waals surface area contributed by atoms with Crippen molar-refractivity contribution >= 4 is 29.2 Å². The summed E-state index contributed by atoms with van der Waals surface area (Å²) in [4.78, 5) is 23.4. The van der Waals surface area contributed by atoms with Crippen LogP contribution in [0.2, 0.25) is 5.02 Å². The molecule has 1 aromatic rings. The lowest BCUT2D eigenvalue weighted by molar-refractivity contribution is -0.154. The first-order valence-electron chi connectivity index (χ1n) is 6.25. The van der Waals surface area contributed by atoms with E-state index in [1.165, 1.54) is 0 Å². The minimum Gasteiger partial charge on any atom is -0.452 e. The highest BCUT2D eigenvalue weighted by Gasteiger charge is 2.33. The monoisotopic (exact) mass is 281 g/mol. The molecule has 5 heteroatoms. The predicted molar refractivity (Wildman–Crippen MR) is 73.1 cm³/mol. The van der Waals surface area contributed by atoms with Gasteiger partial charge in [-0.25, -0.2) is 0 Å². The van der Waals surface area contributed by atoms with Crippen LogP contribution in [0.5, 0.6) is 0 Å². The van der Waals surface area contributed by atoms with E-state index in [1.807, 2.05) is 6.92 Å². The van der Waals surface area contributed by atoms with Crippen molar-refractivity contribution in [1.29, 1.82) is 0 Å². The molecule has 1 saturated carbocycles. The molecule has 0 unspecified atom stereocenters. The van der Waals surface area contributed by atoms with Crippen molar-refractivity contribution in [3.63, 3.8) is 0 Å². The Morgan fingerprint density at radius 3 is 2.74 bits per heavy atom. The van der Waals surface area contributed by atoms with Crippen LogP contribution in [-0.2, 0) is 14.3 Å². The number of carbonyl (C=O) groups is 2. The Bertz CT molecular complexity index is 511. The van der Waals surface area contributed by atoms with Crippen LogP contribution in [0.1, 0.15) is 25.3 Å². The largest absolute Gasteiger partial charge is 0.452 e. The van der Waals surface area contributed by atoms with Gasteiger partial charge in [0.2, 0.25) is 0 Å². The number of anilines is 1. The molecule has 0 bridgehead atoms. The molecule has 4 nitrogen and oxygen atoms in total. The van der Waals surface area contributed by atoms with E-state index in [1.54, 1.807) is 25.1 Å². The Morgan fingerprint density at radius 1 is 1.42 bits per heavy atom. The Balaban J connectivity index is 1.95. The summed E-state index contributed by atoms with van der Waals surface area (Å²) < 4.78 is 5.09. The molecule has 1 aliphatic rings. The van der Waals surface area contributed by atoms with Crippen molar-refractivity contribution in [3.05, 3.63) is 28.8 Å². The van der Waals surface area contributed by atoms with Crippen molar-refractivity contribution in [1.82, 2.24) is 0 Å². The van der Waals surface area contributed by atoms with Crippen LogP contribution < -0.4 is 5.32 Å². The number of nitrogens with one attached hydrogen (secondary N) is 1. The number of amides is 1. The number of halogens is 1. The van der Waals surface area contributed by atoms with Crippen LogP contribution in [0.4, 0.5) is 5.69 Å². The van der Waals surface area contributed by atoms with E-state index >= 15 is 0 Å². The molecule has 1 amide bonds. The molecule has 1 N–H and O–H groups in total. The van der Waals surface area contributed by atoms with Crippen LogP contribution in [0, 0.1) is 12.8 Å². The number of ether oxygens (including phenoxy) is 1. The lowest BCUT2D eigenvalue weighted by Crippen LogP contribution is -2.30. The zero-order chi connectivity index (χ0) is 14.0. The summed E-state index contributed by atoms with van der Waals surface area (Å²) in [6.07, 6.45) is 0.924. The molecule has 2 rings (SSSR count). The summed E-state index contributed by atoms with van der Waals surface area (Å²) in [7, 11) is 0. The van der Waals surface area contributed by atoms with Crippen LogP contribution in [0.15, 0.2) is 18.2 Å². The third-order valence-electron chi connectivity index (χ3n) is 3.10. The second-order valence-corrected chi connectivity index (χ2v) is 5.16. The zero-order valence-electron chi connectivity index (χ0n) is 10.9. The van der Waals surface area contributed by atoms with Crippen molar-refractivity contribution < 1.29 is 14.3 Å². The fourth-order valence-electron chi connectivity index (χ4n) is 1.62. The molecule has 1 aliphatic carbocycles. The second-order valence-electron chi connectivity index (χ2n) is 4.76. The highest BCUT2D eigenvalue weighted by atomic mass is 35.5. The highest BCUT2D eigenvalue weighted by molar-refractivity contribution is 6.31. The van der Waals surface area contributed by atoms with Crippen LogP contribution >= 0.6 is 11.6 Å². The zero-order valence-corrected chi connectivity index (χ0v) is 11.7. The normalized spacial score (nSPS) is 15.7. The van der Waals surface area contributed by atoms with E-state index in [0.717, 1.165) is 18.4 Å². The average Bonchev–Trinajstić information content (AvgIpc) is 3.18. The van der Waals surface area contributed by atoms with Crippen molar-refractivity contribution in [2.45, 2.75) is 32.8 Å². The van der Waals surface area contributed by atoms with Gasteiger partial charge in [-0.1, -0.05) is 17.7 Å². The Hall–Kier alpha value is -1.55. The molecule has 1 aromatic carbocycles. The fraction of sp³-hybridized carbons (Fsp3) is 0.429. The number of rotatable bonds is 4. The summed E-state index contributed by atoms with van der Waals surface area (Å²) in [5, 5.41) is 3.30. The predicted octanol–water partition coefficient (Wildman–Crippen LogP) is 2.93. The van der Waals surface area contributed by atoms with E-state index in [0.29, 0.717) is 10.7 Å². The summed E-state index contributed by atoms with van der Waals surface area (Å²) in [5.41, 5.74) is 1.42. The topological polar surface area (TPSA) is 55.4 Å². The smallest absolute Gasteiger partial charge is 0.309 e. The first-order chi connectivity index (χ1) is 8.99. The maximum absolute atomic E-state index is 11.9. The molecule has 102 valence electrons. The second kappa shape index (κ2) is 5.61. The minimum atomic E-state index is -0.800. The van der Waals surface area contributed by atoms with Gasteiger partial charge in [-0.05, 0) is 44.4 Å². The van der Waals surface area contributed by atoms with Gasteiger partial charge in [0, 0.05) is 10.7 Å². The third kappa shape index (κ3) is 3.47. The Morgan fingerprint density at radius 2 is 2.11 bits per heavy atom. The Kier molecular flexibility index (Phi) is 4.10. The fourth-order valence-corrected chi connectivity index (χ4v) is 1.79. The van der Waals surface area contributed by atoms with Crippen molar-refractivity contribution in [3.8, 4) is 0 Å². The van der Waals surface area contributed by atoms with Crippen molar-refractivity contribution in [2.24, 2.45) is 5.92 Å². The molecule has 0 radical (unpaired) electrons. The number of carbonyl (C=O) groups excluding carboxylic acids is 2. The van der Waals surface area contributed by atoms with Crippen LogP contribution in [0.3, 0.4) is 0 Å². The summed E-state index contributed by atoms with van der Waals surface area (Å²) in [6.45, 7) is 3.38. The molecule has 19 heavy (non-hydrogen) atoms. The van der Waals surface area contributed by atoms with Gasteiger partial charge in [0.05, 0.1) is 5.92 Å². The molecule has 0 heterocycles. The SMILES string of the molecule is Cc1c(Cl)cccc1NC(=O)[C@@H](C)OC(=O)C1CC1. The first-order valence-corrected chi connectivity index (χ1v) is 6.63. The van der Waals surface area contributed by atoms with E-state index in [-0.39, 0.29) is 17.8 Å². The summed E-state index contributed by atoms with van der Waals surface area (Å²) >= 11 is 5.97. The van der Waals surface area contributed by atoms with E-state index in [4.69, 9.17) is 16.3 Å². The highest BCUT2D eigenvalue weighted by Crippen LogP contribution is 2.30. The number of benzene rings is 1. The summed E-state index contributed by atoms with van der Waals surface area (Å²) in [6, 6.07) is 5.27. The summed E-state index contributed by atoms with van der Waals surface area (Å²) in [5.74, 6) is -0.645. The molecule has 0 aliphatic heterocycles. The quantitative estimate of drug-likeness (QED) is 0.864. The van der Waals surface area contributed by atoms with Gasteiger partial charge in [-0.2, -0.15) is 0 Å². The standard InChI is InChI=1S/C14H16ClNO3/c1-8-11(15)4-3-5-12(8)16-13(17)9(2)19-14(18)10-6-7-10/h3-5,9-10H,6-7H2,1-2H3,(H,16,17)/t9-/m1/s1. The van der Waals surface area contributed by atoms with Gasteiger partial charge in [-0.15, -0.1) is 0 Å². The molecule has 0 saturated heterocycles. The van der Waals surface area contributed by atoms with E-state index in [9.17, 15) is 9.59 Å². The maximum Gasteiger partial charge on any atom is 0.309 e. The van der Waals surface area contributed by atoms with Gasteiger partial charge in [0.15, 0.2) is 6.10 Å². The molecule has 0 spiro atoms. The number of esters is 1. The molecule has 1 atom stereocenters. The van der Waals surface area contributed by atoms with Gasteiger partial charge in [0.25, 0.3) is 5.91 Å². The Labute approximate surface area is 117 Å². The van der Waals surface area contributed by atoms with Gasteiger partial charge < -0.3 is 10.1 Å². The van der Waals surface area contributed by atoms with E-state index in [2.05, 4.69) is 5.32 Å². The molecule has 0 aromatic heterocycles. The van der Waals surface area contributed by atoms with Gasteiger partial charge >= 0.3 is 5.97 Å². The van der Waals surface area contributed by atoms with Crippen LogP contribution in [0.25, 0.3) is 0 Å². The van der Waals surface area contributed by atoms with Crippen molar-refractivity contribution in [2.75, 3.05) is 5.32 Å². The third-order valence-corrected chi connectivity index (χ3v) is 3.51. The maximum atomic E-state index is 11.9. The van der Waals surface area contributed by atoms with E-state index < -0.39 is 6.10 Å². The number of hydrogen-bond donors (Lipinski definition) is 1. The lowest BCUT2D eigenvalue weighted by atomic mass is 10.2. The van der Waals surface area contributed by atoms with Gasteiger partial charge in [0.1, 0.15) is 0 Å². The van der Waals surface area contributed by atoms with Gasteiger partial charge in [-0.3, -0.25) is 9.59 Å². The molecular formula is C14H16ClNO3. The van der Waals surface area contributed by atoms with Crippen LogP contribution in [-0.4, -0.2) is 18.0 Å².